The maximum Gasteiger partial charge on any atom is 0.272 e. The molecule has 1 atom stereocenters. The minimum Gasteiger partial charge on any atom is -0.475 e. The summed E-state index contributed by atoms with van der Waals surface area (Å²) in [6.45, 7) is 4.27. The van der Waals surface area contributed by atoms with Crippen molar-refractivity contribution in [1.29, 1.82) is 0 Å². The molecule has 0 spiro atoms. The van der Waals surface area contributed by atoms with Gasteiger partial charge in [-0.2, -0.15) is 4.98 Å². The molecule has 1 fully saturated rings. The van der Waals surface area contributed by atoms with Crippen LogP contribution in [0.3, 0.4) is 0 Å². The number of aromatic nitrogens is 3. The van der Waals surface area contributed by atoms with Gasteiger partial charge in [0.2, 0.25) is 5.88 Å². The minimum absolute atomic E-state index is 0.146. The first-order valence-corrected chi connectivity index (χ1v) is 13.0. The molecular weight excluding hydrogens is 478 g/mol. The Hall–Kier alpha value is -3.98. The van der Waals surface area contributed by atoms with Gasteiger partial charge in [-0.25, -0.2) is 0 Å². The molecule has 1 aliphatic rings. The molecule has 1 saturated heterocycles. The number of β-amino-alcohol motifs (C(OH)–C–C–N with tert-alkyl or cyclic N) is 1. The molecule has 194 valence electrons. The quantitative estimate of drug-likeness (QED) is 0.334. The Morgan fingerprint density at radius 2 is 1.55 bits per heavy atom. The van der Waals surface area contributed by atoms with E-state index in [0.717, 1.165) is 26.2 Å². The molecule has 2 aromatic carbocycles. The van der Waals surface area contributed by atoms with Crippen LogP contribution >= 0.6 is 0 Å². The number of H-pyrrole nitrogens is 1. The standard InChI is InChI=1S/C30H31N5O3/c36-24(21-38-27-14-13-25-29(32-27)35-15-7-12-26(35)30(37)31-25)20-33-16-18-34(19-17-33)28(22-8-3-1-4-9-22)23-10-5-2-6-11-23/h1-15,24,28,36H,16-21H2,(H,31,37). The topological polar surface area (TPSA) is 86.1 Å². The van der Waals surface area contributed by atoms with Crippen LogP contribution < -0.4 is 10.3 Å². The van der Waals surface area contributed by atoms with Gasteiger partial charge in [-0.15, -0.1) is 0 Å². The van der Waals surface area contributed by atoms with E-state index >= 15 is 0 Å². The Morgan fingerprint density at radius 3 is 2.24 bits per heavy atom. The molecule has 0 saturated carbocycles. The third kappa shape index (κ3) is 5.06. The van der Waals surface area contributed by atoms with Gasteiger partial charge in [0, 0.05) is 45.0 Å². The summed E-state index contributed by atoms with van der Waals surface area (Å²) in [6, 6.07) is 28.6. The van der Waals surface area contributed by atoms with E-state index in [1.54, 1.807) is 28.8 Å². The van der Waals surface area contributed by atoms with Gasteiger partial charge in [0.05, 0.1) is 11.6 Å². The van der Waals surface area contributed by atoms with Crippen LogP contribution in [-0.4, -0.2) is 74.7 Å². The molecule has 5 aromatic rings. The zero-order valence-electron chi connectivity index (χ0n) is 21.1. The maximum atomic E-state index is 12.2. The number of nitrogens with one attached hydrogen (secondary N) is 1. The van der Waals surface area contributed by atoms with Crippen molar-refractivity contribution in [2.45, 2.75) is 12.1 Å². The lowest BCUT2D eigenvalue weighted by molar-refractivity contribution is 0.0392. The van der Waals surface area contributed by atoms with Gasteiger partial charge in [0.25, 0.3) is 5.56 Å². The van der Waals surface area contributed by atoms with Crippen molar-refractivity contribution in [1.82, 2.24) is 24.2 Å². The normalized spacial score (nSPS) is 15.8. The number of pyridine rings is 1. The highest BCUT2D eigenvalue weighted by atomic mass is 16.5. The number of fused-ring (bicyclic) bond motifs is 3. The number of aliphatic hydroxyl groups is 1. The molecular formula is C30H31N5O3. The van der Waals surface area contributed by atoms with Crippen molar-refractivity contribution in [3.05, 3.63) is 113 Å². The Bertz CT molecular complexity index is 1520. The SMILES string of the molecule is O=c1[nH]c2ccc(OCC(O)CN3CCN(C(c4ccccc4)c4ccccc4)CC3)nc2n2cccc12. The second kappa shape index (κ2) is 10.8. The molecule has 8 heteroatoms. The van der Waals surface area contributed by atoms with Crippen LogP contribution in [0, 0.1) is 0 Å². The molecule has 2 N–H and O–H groups in total. The number of benzene rings is 2. The van der Waals surface area contributed by atoms with E-state index in [4.69, 9.17) is 4.74 Å². The lowest BCUT2D eigenvalue weighted by Gasteiger charge is -2.40. The van der Waals surface area contributed by atoms with Gasteiger partial charge in [-0.3, -0.25) is 19.0 Å². The number of nitrogens with zero attached hydrogens (tertiary/aromatic N) is 4. The van der Waals surface area contributed by atoms with Gasteiger partial charge in [-0.05, 0) is 29.3 Å². The highest BCUT2D eigenvalue weighted by Gasteiger charge is 2.27. The molecule has 8 nitrogen and oxygen atoms in total. The second-order valence-corrected chi connectivity index (χ2v) is 9.76. The van der Waals surface area contributed by atoms with Crippen molar-refractivity contribution >= 4 is 16.7 Å². The Balaban J connectivity index is 1.06. The molecule has 1 unspecified atom stereocenters. The molecule has 0 bridgehead atoms. The number of ether oxygens (including phenoxy) is 1. The summed E-state index contributed by atoms with van der Waals surface area (Å²) in [5.41, 5.74) is 4.21. The molecule has 0 amide bonds. The number of aromatic amines is 1. The first kappa shape index (κ1) is 24.4. The Labute approximate surface area is 220 Å². The number of hydrogen-bond donors (Lipinski definition) is 2. The zero-order chi connectivity index (χ0) is 25.9. The predicted octanol–water partition coefficient (Wildman–Crippen LogP) is 3.32. The van der Waals surface area contributed by atoms with Crippen molar-refractivity contribution in [3.8, 4) is 5.88 Å². The summed E-state index contributed by atoms with van der Waals surface area (Å²) in [7, 11) is 0. The monoisotopic (exact) mass is 509 g/mol. The lowest BCUT2D eigenvalue weighted by atomic mass is 9.96. The molecule has 0 radical (unpaired) electrons. The maximum absolute atomic E-state index is 12.2. The van der Waals surface area contributed by atoms with Crippen molar-refractivity contribution in [2.24, 2.45) is 0 Å². The Morgan fingerprint density at radius 1 is 0.868 bits per heavy atom. The van der Waals surface area contributed by atoms with Crippen molar-refractivity contribution in [2.75, 3.05) is 39.3 Å². The van der Waals surface area contributed by atoms with Crippen LogP contribution in [0.15, 0.2) is 95.9 Å². The van der Waals surface area contributed by atoms with Crippen LogP contribution in [0.4, 0.5) is 0 Å². The van der Waals surface area contributed by atoms with Crippen LogP contribution in [-0.2, 0) is 0 Å². The number of piperazine rings is 1. The van der Waals surface area contributed by atoms with E-state index in [2.05, 4.69) is 80.4 Å². The first-order valence-electron chi connectivity index (χ1n) is 13.0. The molecule has 0 aliphatic carbocycles. The fourth-order valence-corrected chi connectivity index (χ4v) is 5.35. The van der Waals surface area contributed by atoms with Crippen LogP contribution in [0.5, 0.6) is 5.88 Å². The van der Waals surface area contributed by atoms with E-state index in [1.165, 1.54) is 11.1 Å². The zero-order valence-corrected chi connectivity index (χ0v) is 21.1. The average Bonchev–Trinajstić information content (AvgIpc) is 3.46. The summed E-state index contributed by atoms with van der Waals surface area (Å²) in [4.78, 5) is 24.4. The molecule has 38 heavy (non-hydrogen) atoms. The third-order valence-electron chi connectivity index (χ3n) is 7.20. The second-order valence-electron chi connectivity index (χ2n) is 9.76. The predicted molar refractivity (Wildman–Crippen MR) is 148 cm³/mol. The summed E-state index contributed by atoms with van der Waals surface area (Å²) in [6.07, 6.45) is 1.17. The first-order chi connectivity index (χ1) is 18.7. The smallest absolute Gasteiger partial charge is 0.272 e. The van der Waals surface area contributed by atoms with Crippen LogP contribution in [0.2, 0.25) is 0 Å². The number of rotatable bonds is 8. The van der Waals surface area contributed by atoms with E-state index in [1.807, 2.05) is 6.07 Å². The molecule has 6 rings (SSSR count). The lowest BCUT2D eigenvalue weighted by Crippen LogP contribution is -2.50. The molecule has 1 aliphatic heterocycles. The van der Waals surface area contributed by atoms with Gasteiger partial charge < -0.3 is 14.8 Å². The van der Waals surface area contributed by atoms with E-state index in [0.29, 0.717) is 29.1 Å². The summed E-state index contributed by atoms with van der Waals surface area (Å²) >= 11 is 0. The Kier molecular flexibility index (Phi) is 6.92. The summed E-state index contributed by atoms with van der Waals surface area (Å²) < 4.78 is 7.59. The van der Waals surface area contributed by atoms with Crippen molar-refractivity contribution in [3.63, 3.8) is 0 Å². The summed E-state index contributed by atoms with van der Waals surface area (Å²) in [5, 5.41) is 10.7. The molecule has 3 aromatic heterocycles. The fraction of sp³-hybridized carbons (Fsp3) is 0.267. The van der Waals surface area contributed by atoms with E-state index in [9.17, 15) is 9.90 Å². The largest absolute Gasteiger partial charge is 0.475 e. The summed E-state index contributed by atoms with van der Waals surface area (Å²) in [5.74, 6) is 0.414. The van der Waals surface area contributed by atoms with Gasteiger partial charge in [0.15, 0.2) is 5.65 Å². The van der Waals surface area contributed by atoms with Crippen LogP contribution in [0.25, 0.3) is 16.7 Å². The average molecular weight is 510 g/mol. The van der Waals surface area contributed by atoms with Gasteiger partial charge in [0.1, 0.15) is 18.2 Å². The van der Waals surface area contributed by atoms with Gasteiger partial charge in [-0.1, -0.05) is 60.7 Å². The highest BCUT2D eigenvalue weighted by molar-refractivity contribution is 5.74. The van der Waals surface area contributed by atoms with E-state index < -0.39 is 6.10 Å². The van der Waals surface area contributed by atoms with Crippen LogP contribution in [0.1, 0.15) is 17.2 Å². The van der Waals surface area contributed by atoms with E-state index in [-0.39, 0.29) is 18.2 Å². The number of aliphatic hydroxyl groups excluding tert-OH is 1. The third-order valence-corrected chi connectivity index (χ3v) is 7.20. The highest BCUT2D eigenvalue weighted by Crippen LogP contribution is 2.29. The van der Waals surface area contributed by atoms with Gasteiger partial charge >= 0.3 is 0 Å². The minimum atomic E-state index is -0.639. The number of hydrogen-bond acceptors (Lipinski definition) is 6. The fourth-order valence-electron chi connectivity index (χ4n) is 5.35. The molecule has 4 heterocycles. The van der Waals surface area contributed by atoms with Crippen molar-refractivity contribution < 1.29 is 9.84 Å².